The van der Waals surface area contributed by atoms with Crippen molar-refractivity contribution in [3.8, 4) is 5.75 Å². The third-order valence-electron chi connectivity index (χ3n) is 6.00. The van der Waals surface area contributed by atoms with Crippen molar-refractivity contribution in [2.75, 3.05) is 31.6 Å². The maximum atomic E-state index is 13.1. The topological polar surface area (TPSA) is 105 Å². The molecule has 4 rings (SSSR count). The first kappa shape index (κ1) is 22.3. The highest BCUT2D eigenvalue weighted by Crippen LogP contribution is 2.32. The summed E-state index contributed by atoms with van der Waals surface area (Å²) in [6.45, 7) is 3.07. The summed E-state index contributed by atoms with van der Waals surface area (Å²) in [5.41, 5.74) is 1.52. The van der Waals surface area contributed by atoms with Gasteiger partial charge < -0.3 is 15.4 Å². The number of fused-ring (bicyclic) bond motifs is 1. The standard InChI is InChI=1S/C23H27N3O5S/c1-16(17-5-3-2-4-6-17)14-24-23(28)18-9-11-26(12-10-18)32(29,30)19-7-8-21-20(13-19)25-22(27)15-31-21/h2-8,13,16,18H,9-12,14-15H2,1H3,(H,24,28)(H,25,27)/t16-/m0/s1. The highest BCUT2D eigenvalue weighted by atomic mass is 32.2. The molecule has 2 heterocycles. The molecule has 2 aromatic carbocycles. The summed E-state index contributed by atoms with van der Waals surface area (Å²) in [5.74, 6) is 0.0947. The first-order valence-electron chi connectivity index (χ1n) is 10.7. The molecule has 2 aliphatic heterocycles. The van der Waals surface area contributed by atoms with Crippen LogP contribution < -0.4 is 15.4 Å². The Labute approximate surface area is 188 Å². The smallest absolute Gasteiger partial charge is 0.262 e. The van der Waals surface area contributed by atoms with Crippen LogP contribution in [0.15, 0.2) is 53.4 Å². The van der Waals surface area contributed by atoms with Crippen molar-refractivity contribution in [1.29, 1.82) is 0 Å². The summed E-state index contributed by atoms with van der Waals surface area (Å²) < 4.78 is 32.8. The van der Waals surface area contributed by atoms with Gasteiger partial charge in [-0.2, -0.15) is 4.31 Å². The molecule has 170 valence electrons. The van der Waals surface area contributed by atoms with E-state index in [1.807, 2.05) is 30.3 Å². The Morgan fingerprint density at radius 3 is 2.62 bits per heavy atom. The van der Waals surface area contributed by atoms with E-state index in [4.69, 9.17) is 4.74 Å². The second kappa shape index (κ2) is 9.30. The van der Waals surface area contributed by atoms with Gasteiger partial charge in [0.25, 0.3) is 5.91 Å². The molecular weight excluding hydrogens is 430 g/mol. The minimum Gasteiger partial charge on any atom is -0.482 e. The Morgan fingerprint density at radius 2 is 1.91 bits per heavy atom. The zero-order valence-corrected chi connectivity index (χ0v) is 18.7. The van der Waals surface area contributed by atoms with E-state index in [1.165, 1.54) is 22.0 Å². The van der Waals surface area contributed by atoms with Gasteiger partial charge in [-0.25, -0.2) is 8.42 Å². The second-order valence-electron chi connectivity index (χ2n) is 8.23. The first-order chi connectivity index (χ1) is 15.3. The SMILES string of the molecule is C[C@@H](CNC(=O)C1CCN(S(=O)(=O)c2ccc3c(c2)NC(=O)CO3)CC1)c1ccccc1. The molecule has 8 nitrogen and oxygen atoms in total. The minimum atomic E-state index is -3.73. The molecule has 2 aliphatic rings. The van der Waals surface area contributed by atoms with Crippen LogP contribution in [-0.2, 0) is 19.6 Å². The number of amides is 2. The molecule has 0 aliphatic carbocycles. The van der Waals surface area contributed by atoms with Gasteiger partial charge in [-0.3, -0.25) is 9.59 Å². The number of benzene rings is 2. The molecule has 9 heteroatoms. The molecule has 1 saturated heterocycles. The average molecular weight is 458 g/mol. The van der Waals surface area contributed by atoms with Crippen LogP contribution in [0.2, 0.25) is 0 Å². The quantitative estimate of drug-likeness (QED) is 0.693. The van der Waals surface area contributed by atoms with Gasteiger partial charge in [0.1, 0.15) is 5.75 Å². The molecular formula is C23H27N3O5S. The monoisotopic (exact) mass is 457 g/mol. The number of hydrogen-bond acceptors (Lipinski definition) is 5. The fraction of sp³-hybridized carbons (Fsp3) is 0.391. The van der Waals surface area contributed by atoms with E-state index < -0.39 is 10.0 Å². The molecule has 2 N–H and O–H groups in total. The number of rotatable bonds is 6. The number of sulfonamides is 1. The van der Waals surface area contributed by atoms with Gasteiger partial charge in [0, 0.05) is 25.6 Å². The Kier molecular flexibility index (Phi) is 6.48. The lowest BCUT2D eigenvalue weighted by atomic mass is 9.96. The summed E-state index contributed by atoms with van der Waals surface area (Å²) in [4.78, 5) is 24.2. The molecule has 0 saturated carbocycles. The number of nitrogens with zero attached hydrogens (tertiary/aromatic N) is 1. The van der Waals surface area contributed by atoms with Gasteiger partial charge in [-0.05, 0) is 42.5 Å². The van der Waals surface area contributed by atoms with Crippen LogP contribution >= 0.6 is 0 Å². The second-order valence-corrected chi connectivity index (χ2v) is 10.2. The lowest BCUT2D eigenvalue weighted by Gasteiger charge is -2.31. The van der Waals surface area contributed by atoms with Gasteiger partial charge in [0.05, 0.1) is 10.6 Å². The van der Waals surface area contributed by atoms with E-state index in [0.717, 1.165) is 0 Å². The molecule has 0 spiro atoms. The van der Waals surface area contributed by atoms with E-state index in [-0.39, 0.29) is 48.2 Å². The maximum absolute atomic E-state index is 13.1. The predicted octanol–water partition coefficient (Wildman–Crippen LogP) is 2.34. The molecule has 1 fully saturated rings. The van der Waals surface area contributed by atoms with Crippen LogP contribution in [0.4, 0.5) is 5.69 Å². The van der Waals surface area contributed by atoms with E-state index in [9.17, 15) is 18.0 Å². The van der Waals surface area contributed by atoms with Gasteiger partial charge in [0.2, 0.25) is 15.9 Å². The lowest BCUT2D eigenvalue weighted by molar-refractivity contribution is -0.126. The zero-order valence-electron chi connectivity index (χ0n) is 17.9. The van der Waals surface area contributed by atoms with Gasteiger partial charge in [-0.15, -0.1) is 0 Å². The molecule has 0 aromatic heterocycles. The molecule has 0 unspecified atom stereocenters. The van der Waals surface area contributed by atoms with E-state index in [0.29, 0.717) is 30.8 Å². The fourth-order valence-corrected chi connectivity index (χ4v) is 5.52. The molecule has 2 amide bonds. The van der Waals surface area contributed by atoms with Crippen molar-refractivity contribution in [2.24, 2.45) is 5.92 Å². The highest BCUT2D eigenvalue weighted by Gasteiger charge is 2.33. The third-order valence-corrected chi connectivity index (χ3v) is 7.89. The Bertz CT molecular complexity index is 1100. The van der Waals surface area contributed by atoms with Gasteiger partial charge in [0.15, 0.2) is 6.61 Å². The number of piperidine rings is 1. The van der Waals surface area contributed by atoms with Crippen molar-refractivity contribution >= 4 is 27.5 Å². The Hall–Kier alpha value is -2.91. The highest BCUT2D eigenvalue weighted by molar-refractivity contribution is 7.89. The van der Waals surface area contributed by atoms with Gasteiger partial charge >= 0.3 is 0 Å². The number of carbonyl (C=O) groups excluding carboxylic acids is 2. The van der Waals surface area contributed by atoms with Crippen molar-refractivity contribution in [2.45, 2.75) is 30.6 Å². The number of ether oxygens (including phenoxy) is 1. The van der Waals surface area contributed by atoms with Crippen molar-refractivity contribution < 1.29 is 22.7 Å². The van der Waals surface area contributed by atoms with E-state index in [1.54, 1.807) is 6.07 Å². The van der Waals surface area contributed by atoms with Crippen molar-refractivity contribution in [3.63, 3.8) is 0 Å². The predicted molar refractivity (Wildman–Crippen MR) is 120 cm³/mol. The maximum Gasteiger partial charge on any atom is 0.262 e. The summed E-state index contributed by atoms with van der Waals surface area (Å²) >= 11 is 0. The van der Waals surface area contributed by atoms with Gasteiger partial charge in [-0.1, -0.05) is 37.3 Å². The molecule has 2 aromatic rings. The summed E-state index contributed by atoms with van der Waals surface area (Å²) in [6.07, 6.45) is 0.936. The Morgan fingerprint density at radius 1 is 1.19 bits per heavy atom. The fourth-order valence-electron chi connectivity index (χ4n) is 4.03. The molecule has 32 heavy (non-hydrogen) atoms. The summed E-state index contributed by atoms with van der Waals surface area (Å²) in [7, 11) is -3.73. The number of nitrogens with one attached hydrogen (secondary N) is 2. The van der Waals surface area contributed by atoms with Crippen molar-refractivity contribution in [3.05, 3.63) is 54.1 Å². The number of hydrogen-bond donors (Lipinski definition) is 2. The van der Waals surface area contributed by atoms with Crippen LogP contribution in [0.25, 0.3) is 0 Å². The van der Waals surface area contributed by atoms with E-state index >= 15 is 0 Å². The summed E-state index contributed by atoms with van der Waals surface area (Å²) in [6, 6.07) is 14.5. The number of anilines is 1. The van der Waals surface area contributed by atoms with Crippen LogP contribution in [0.3, 0.4) is 0 Å². The van der Waals surface area contributed by atoms with Crippen LogP contribution in [-0.4, -0.2) is 50.8 Å². The lowest BCUT2D eigenvalue weighted by Crippen LogP contribution is -2.43. The number of carbonyl (C=O) groups is 2. The van der Waals surface area contributed by atoms with E-state index in [2.05, 4.69) is 17.6 Å². The Balaban J connectivity index is 1.33. The first-order valence-corrected chi connectivity index (χ1v) is 12.2. The molecule has 1 atom stereocenters. The van der Waals surface area contributed by atoms with Crippen molar-refractivity contribution in [1.82, 2.24) is 9.62 Å². The average Bonchev–Trinajstić information content (AvgIpc) is 2.82. The van der Waals surface area contributed by atoms with Crippen LogP contribution in [0.1, 0.15) is 31.2 Å². The summed E-state index contributed by atoms with van der Waals surface area (Å²) in [5, 5.41) is 5.65. The third kappa shape index (κ3) is 4.78. The van der Waals surface area contributed by atoms with Crippen LogP contribution in [0, 0.1) is 5.92 Å². The molecule has 0 bridgehead atoms. The van der Waals surface area contributed by atoms with Crippen LogP contribution in [0.5, 0.6) is 5.75 Å². The largest absolute Gasteiger partial charge is 0.482 e. The zero-order chi connectivity index (χ0) is 22.7. The molecule has 0 radical (unpaired) electrons. The normalized spacial score (nSPS) is 18.2. The minimum absolute atomic E-state index is 0.0292.